The Morgan fingerprint density at radius 1 is 1.09 bits per heavy atom. The van der Waals surface area contributed by atoms with Gasteiger partial charge in [0.2, 0.25) is 0 Å². The molecule has 6 nitrogen and oxygen atoms in total. The van der Waals surface area contributed by atoms with Crippen LogP contribution in [0.1, 0.15) is 11.3 Å². The third-order valence-corrected chi connectivity index (χ3v) is 5.81. The Hall–Kier alpha value is -3.06. The van der Waals surface area contributed by atoms with Gasteiger partial charge in [0.15, 0.2) is 0 Å². The number of carbonyl (C=O) groups is 1. The molecule has 1 N–H and O–H groups in total. The van der Waals surface area contributed by atoms with E-state index in [0.717, 1.165) is 55.4 Å². The minimum Gasteiger partial charge on any atom is -0.492 e. The number of benzene rings is 2. The van der Waals surface area contributed by atoms with E-state index in [0.29, 0.717) is 28.7 Å². The van der Waals surface area contributed by atoms with Crippen LogP contribution in [0, 0.1) is 0 Å². The van der Waals surface area contributed by atoms with Crippen LogP contribution in [0.3, 0.4) is 0 Å². The summed E-state index contributed by atoms with van der Waals surface area (Å²) in [5.74, 6) is 1.93. The molecule has 2 aliphatic heterocycles. The number of halogens is 1. The summed E-state index contributed by atoms with van der Waals surface area (Å²) in [6.45, 7) is 4.96. The molecule has 5 rings (SSSR count). The Labute approximate surface area is 191 Å². The predicted octanol–water partition coefficient (Wildman–Crippen LogP) is 4.80. The average Bonchev–Trinajstić information content (AvgIpc) is 3.40. The first-order valence-electron chi connectivity index (χ1n) is 10.6. The Kier molecular flexibility index (Phi) is 5.99. The fourth-order valence-electron chi connectivity index (χ4n) is 3.89. The molecule has 164 valence electrons. The molecular weight excluding hydrogens is 428 g/mol. The fraction of sp³-hybridized carbons (Fsp3) is 0.240. The van der Waals surface area contributed by atoms with Crippen molar-refractivity contribution in [3.8, 4) is 17.1 Å². The number of nitrogens with zero attached hydrogens (tertiary/aromatic N) is 1. The van der Waals surface area contributed by atoms with Crippen LogP contribution in [0.25, 0.3) is 23.0 Å². The maximum absolute atomic E-state index is 12.4. The van der Waals surface area contributed by atoms with Gasteiger partial charge in [-0.2, -0.15) is 0 Å². The molecule has 0 saturated carbocycles. The van der Waals surface area contributed by atoms with E-state index in [4.69, 9.17) is 25.5 Å². The Balaban J connectivity index is 1.29. The van der Waals surface area contributed by atoms with Crippen molar-refractivity contribution in [2.24, 2.45) is 0 Å². The van der Waals surface area contributed by atoms with Crippen LogP contribution in [-0.2, 0) is 9.53 Å². The second-order valence-electron chi connectivity index (χ2n) is 7.73. The van der Waals surface area contributed by atoms with Gasteiger partial charge >= 0.3 is 0 Å². The summed E-state index contributed by atoms with van der Waals surface area (Å²) < 4.78 is 17.3. The van der Waals surface area contributed by atoms with Crippen molar-refractivity contribution < 1.29 is 18.7 Å². The van der Waals surface area contributed by atoms with Crippen LogP contribution in [0.5, 0.6) is 5.75 Å². The van der Waals surface area contributed by atoms with Gasteiger partial charge in [0.05, 0.1) is 18.8 Å². The molecular formula is C25H23ClN2O4. The number of ether oxygens (including phenoxy) is 2. The maximum Gasteiger partial charge on any atom is 0.256 e. The zero-order valence-corrected chi connectivity index (χ0v) is 18.2. The second-order valence-corrected chi connectivity index (χ2v) is 8.17. The lowest BCUT2D eigenvalue weighted by atomic mass is 10.1. The van der Waals surface area contributed by atoms with Crippen molar-refractivity contribution in [1.29, 1.82) is 0 Å². The standard InChI is InChI=1S/C25H23ClN2O4/c26-18-4-6-23-21(15-18)22(25(29)27-23)16-20-5-7-24(32-20)17-2-1-3-19(14-17)31-13-10-28-8-11-30-12-9-28/h1-7,14-16H,8-13H2,(H,27,29). The van der Waals surface area contributed by atoms with E-state index >= 15 is 0 Å². The topological polar surface area (TPSA) is 63.9 Å². The number of carbonyl (C=O) groups excluding carboxylic acids is 1. The largest absolute Gasteiger partial charge is 0.492 e. The summed E-state index contributed by atoms with van der Waals surface area (Å²) in [7, 11) is 0. The van der Waals surface area contributed by atoms with Crippen molar-refractivity contribution in [3.05, 3.63) is 70.9 Å². The fourth-order valence-corrected chi connectivity index (χ4v) is 4.06. The number of furan rings is 1. The number of nitrogens with one attached hydrogen (secondary N) is 1. The maximum atomic E-state index is 12.4. The molecule has 1 amide bonds. The normalized spacial score (nSPS) is 17.4. The summed E-state index contributed by atoms with van der Waals surface area (Å²) in [5, 5.41) is 3.43. The number of hydrogen-bond acceptors (Lipinski definition) is 5. The third-order valence-electron chi connectivity index (χ3n) is 5.58. The number of hydrogen-bond donors (Lipinski definition) is 1. The van der Waals surface area contributed by atoms with Crippen molar-refractivity contribution in [2.45, 2.75) is 0 Å². The monoisotopic (exact) mass is 450 g/mol. The SMILES string of the molecule is O=C1Nc2ccc(Cl)cc2C1=Cc1ccc(-c2cccc(OCCN3CCOCC3)c2)o1. The Bertz CT molecular complexity index is 1160. The average molecular weight is 451 g/mol. The van der Waals surface area contributed by atoms with E-state index in [1.54, 1.807) is 24.3 Å². The summed E-state index contributed by atoms with van der Waals surface area (Å²) in [4.78, 5) is 14.7. The van der Waals surface area contributed by atoms with E-state index in [1.165, 1.54) is 0 Å². The molecule has 0 bridgehead atoms. The lowest BCUT2D eigenvalue weighted by Gasteiger charge is -2.26. The molecule has 1 fully saturated rings. The van der Waals surface area contributed by atoms with E-state index in [2.05, 4.69) is 10.2 Å². The first-order valence-corrected chi connectivity index (χ1v) is 11.0. The zero-order chi connectivity index (χ0) is 21.9. The van der Waals surface area contributed by atoms with Gasteiger partial charge in [-0.15, -0.1) is 0 Å². The van der Waals surface area contributed by atoms with Gasteiger partial charge in [0.1, 0.15) is 23.9 Å². The number of rotatable bonds is 6. The minimum atomic E-state index is -0.170. The van der Waals surface area contributed by atoms with Gasteiger partial charge in [-0.25, -0.2) is 0 Å². The van der Waals surface area contributed by atoms with E-state index in [9.17, 15) is 4.79 Å². The highest BCUT2D eigenvalue weighted by molar-refractivity contribution is 6.36. The minimum absolute atomic E-state index is 0.170. The zero-order valence-electron chi connectivity index (χ0n) is 17.5. The highest BCUT2D eigenvalue weighted by Gasteiger charge is 2.24. The molecule has 2 aromatic carbocycles. The molecule has 32 heavy (non-hydrogen) atoms. The predicted molar refractivity (Wildman–Crippen MR) is 125 cm³/mol. The molecule has 1 saturated heterocycles. The smallest absolute Gasteiger partial charge is 0.256 e. The van der Waals surface area contributed by atoms with Gasteiger partial charge < -0.3 is 19.2 Å². The first-order chi connectivity index (χ1) is 15.7. The molecule has 3 heterocycles. The van der Waals surface area contributed by atoms with Crippen LogP contribution >= 0.6 is 11.6 Å². The molecule has 0 radical (unpaired) electrons. The van der Waals surface area contributed by atoms with Crippen molar-refractivity contribution in [1.82, 2.24) is 4.90 Å². The van der Waals surface area contributed by atoms with Crippen molar-refractivity contribution >= 4 is 34.8 Å². The van der Waals surface area contributed by atoms with Gasteiger partial charge in [-0.3, -0.25) is 9.69 Å². The van der Waals surface area contributed by atoms with Crippen molar-refractivity contribution in [3.63, 3.8) is 0 Å². The number of amides is 1. The van der Waals surface area contributed by atoms with Crippen LogP contribution in [0.2, 0.25) is 5.02 Å². The first kappa shape index (κ1) is 20.8. The summed E-state index contributed by atoms with van der Waals surface area (Å²) in [6.07, 6.45) is 1.74. The molecule has 1 aromatic heterocycles. The van der Waals surface area contributed by atoms with Crippen LogP contribution < -0.4 is 10.1 Å². The Morgan fingerprint density at radius 3 is 2.84 bits per heavy atom. The highest BCUT2D eigenvalue weighted by atomic mass is 35.5. The molecule has 0 unspecified atom stereocenters. The highest BCUT2D eigenvalue weighted by Crippen LogP contribution is 2.35. The van der Waals surface area contributed by atoms with Crippen LogP contribution in [0.4, 0.5) is 5.69 Å². The van der Waals surface area contributed by atoms with Gasteiger partial charge in [-0.05, 0) is 48.5 Å². The lowest BCUT2D eigenvalue weighted by Crippen LogP contribution is -2.38. The van der Waals surface area contributed by atoms with Crippen LogP contribution in [0.15, 0.2) is 59.0 Å². The second kappa shape index (κ2) is 9.20. The summed E-state index contributed by atoms with van der Waals surface area (Å²) in [6, 6.07) is 16.9. The number of anilines is 1. The molecule has 3 aromatic rings. The van der Waals surface area contributed by atoms with Crippen LogP contribution in [-0.4, -0.2) is 50.3 Å². The molecule has 0 aliphatic carbocycles. The molecule has 7 heteroatoms. The van der Waals surface area contributed by atoms with Gasteiger partial charge in [0, 0.05) is 41.5 Å². The summed E-state index contributed by atoms with van der Waals surface area (Å²) in [5.41, 5.74) is 2.97. The number of morpholine rings is 1. The Morgan fingerprint density at radius 2 is 1.97 bits per heavy atom. The molecule has 2 aliphatic rings. The van der Waals surface area contributed by atoms with E-state index < -0.39 is 0 Å². The lowest BCUT2D eigenvalue weighted by molar-refractivity contribution is -0.110. The third kappa shape index (κ3) is 4.58. The molecule has 0 atom stereocenters. The molecule has 0 spiro atoms. The number of fused-ring (bicyclic) bond motifs is 1. The van der Waals surface area contributed by atoms with E-state index in [-0.39, 0.29) is 5.91 Å². The quantitative estimate of drug-likeness (QED) is 0.546. The summed E-state index contributed by atoms with van der Waals surface area (Å²) >= 11 is 6.11. The van der Waals surface area contributed by atoms with E-state index in [1.807, 2.05) is 36.4 Å². The van der Waals surface area contributed by atoms with Crippen molar-refractivity contribution in [2.75, 3.05) is 44.8 Å². The van der Waals surface area contributed by atoms with Gasteiger partial charge in [-0.1, -0.05) is 23.7 Å². The van der Waals surface area contributed by atoms with Gasteiger partial charge in [0.25, 0.3) is 5.91 Å².